The fraction of sp³-hybridized carbons (Fsp3) is 0.900. The summed E-state index contributed by atoms with van der Waals surface area (Å²) in [6, 6.07) is 0.322. The molecule has 1 saturated carbocycles. The van der Waals surface area contributed by atoms with Gasteiger partial charge in [0.05, 0.1) is 0 Å². The van der Waals surface area contributed by atoms with Crippen LogP contribution in [0.3, 0.4) is 0 Å². The van der Waals surface area contributed by atoms with Gasteiger partial charge in [0.2, 0.25) is 5.91 Å². The molecule has 80 valence electrons. The molecular weight excluding hydrogens is 178 g/mol. The van der Waals surface area contributed by atoms with Crippen molar-refractivity contribution >= 4 is 5.91 Å². The van der Waals surface area contributed by atoms with Gasteiger partial charge in [-0.1, -0.05) is 0 Å². The van der Waals surface area contributed by atoms with Crippen LogP contribution in [-0.2, 0) is 4.79 Å². The first-order chi connectivity index (χ1) is 6.84. The SMILES string of the molecule is O=C(CC1CNCCN1)NCC1CC1. The summed E-state index contributed by atoms with van der Waals surface area (Å²) in [5.74, 6) is 0.967. The number of hydrogen-bond acceptors (Lipinski definition) is 3. The number of piperazine rings is 1. The first-order valence-electron chi connectivity index (χ1n) is 5.55. The number of hydrogen-bond donors (Lipinski definition) is 3. The zero-order valence-electron chi connectivity index (χ0n) is 8.51. The maximum atomic E-state index is 11.5. The topological polar surface area (TPSA) is 53.2 Å². The van der Waals surface area contributed by atoms with E-state index in [-0.39, 0.29) is 5.91 Å². The van der Waals surface area contributed by atoms with Crippen LogP contribution >= 0.6 is 0 Å². The Kier molecular flexibility index (Phi) is 3.37. The average molecular weight is 197 g/mol. The van der Waals surface area contributed by atoms with Gasteiger partial charge in [-0.25, -0.2) is 0 Å². The van der Waals surface area contributed by atoms with Gasteiger partial charge in [-0.3, -0.25) is 4.79 Å². The largest absolute Gasteiger partial charge is 0.356 e. The second-order valence-corrected chi connectivity index (χ2v) is 4.31. The standard InChI is InChI=1S/C10H19N3O/c14-10(13-6-8-1-2-8)5-9-7-11-3-4-12-9/h8-9,11-12H,1-7H2,(H,13,14). The van der Waals surface area contributed by atoms with E-state index >= 15 is 0 Å². The van der Waals surface area contributed by atoms with Gasteiger partial charge in [0.25, 0.3) is 0 Å². The molecule has 4 nitrogen and oxygen atoms in total. The molecule has 0 aromatic rings. The summed E-state index contributed by atoms with van der Waals surface area (Å²) in [4.78, 5) is 11.5. The van der Waals surface area contributed by atoms with Gasteiger partial charge in [-0.15, -0.1) is 0 Å². The van der Waals surface area contributed by atoms with Crippen LogP contribution < -0.4 is 16.0 Å². The number of amides is 1. The Morgan fingerprint density at radius 1 is 1.36 bits per heavy atom. The Bertz CT molecular complexity index is 198. The minimum absolute atomic E-state index is 0.193. The molecule has 0 spiro atoms. The van der Waals surface area contributed by atoms with Gasteiger partial charge >= 0.3 is 0 Å². The molecule has 3 N–H and O–H groups in total. The molecule has 1 amide bonds. The zero-order chi connectivity index (χ0) is 9.80. The first-order valence-corrected chi connectivity index (χ1v) is 5.55. The van der Waals surface area contributed by atoms with E-state index in [0.717, 1.165) is 32.1 Å². The van der Waals surface area contributed by atoms with Gasteiger partial charge < -0.3 is 16.0 Å². The van der Waals surface area contributed by atoms with E-state index in [1.165, 1.54) is 12.8 Å². The highest BCUT2D eigenvalue weighted by atomic mass is 16.1. The normalized spacial score (nSPS) is 27.3. The monoisotopic (exact) mass is 197 g/mol. The van der Waals surface area contributed by atoms with Crippen molar-refractivity contribution in [2.75, 3.05) is 26.2 Å². The third kappa shape index (κ3) is 3.27. The fourth-order valence-corrected chi connectivity index (χ4v) is 1.73. The minimum atomic E-state index is 0.193. The Labute approximate surface area is 84.8 Å². The Morgan fingerprint density at radius 2 is 2.21 bits per heavy atom. The summed E-state index contributed by atoms with van der Waals surface area (Å²) in [5, 5.41) is 9.59. The maximum Gasteiger partial charge on any atom is 0.221 e. The van der Waals surface area contributed by atoms with E-state index in [0.29, 0.717) is 12.5 Å². The first kappa shape index (κ1) is 9.93. The minimum Gasteiger partial charge on any atom is -0.356 e. The molecule has 1 heterocycles. The second-order valence-electron chi connectivity index (χ2n) is 4.31. The molecule has 1 atom stereocenters. The third-order valence-electron chi connectivity index (χ3n) is 2.84. The third-order valence-corrected chi connectivity index (χ3v) is 2.84. The Balaban J connectivity index is 1.59. The molecule has 2 fully saturated rings. The van der Waals surface area contributed by atoms with E-state index in [1.807, 2.05) is 0 Å². The second kappa shape index (κ2) is 4.75. The van der Waals surface area contributed by atoms with Crippen molar-refractivity contribution in [2.45, 2.75) is 25.3 Å². The van der Waals surface area contributed by atoms with Crippen LogP contribution in [0.15, 0.2) is 0 Å². The zero-order valence-corrected chi connectivity index (χ0v) is 8.51. The van der Waals surface area contributed by atoms with Crippen molar-refractivity contribution in [1.29, 1.82) is 0 Å². The van der Waals surface area contributed by atoms with Crippen molar-refractivity contribution in [2.24, 2.45) is 5.92 Å². The number of nitrogens with one attached hydrogen (secondary N) is 3. The predicted octanol–water partition coefficient (Wildman–Crippen LogP) is -0.536. The van der Waals surface area contributed by atoms with Crippen molar-refractivity contribution < 1.29 is 4.79 Å². The van der Waals surface area contributed by atoms with E-state index in [1.54, 1.807) is 0 Å². The summed E-state index contributed by atoms with van der Waals surface area (Å²) in [6.45, 7) is 3.79. The van der Waals surface area contributed by atoms with Crippen LogP contribution in [0.4, 0.5) is 0 Å². The summed E-state index contributed by atoms with van der Waals surface area (Å²) in [5.41, 5.74) is 0. The number of carbonyl (C=O) groups excluding carboxylic acids is 1. The van der Waals surface area contributed by atoms with Gasteiger partial charge in [-0.2, -0.15) is 0 Å². The lowest BCUT2D eigenvalue weighted by molar-refractivity contribution is -0.121. The smallest absolute Gasteiger partial charge is 0.221 e. The van der Waals surface area contributed by atoms with E-state index in [4.69, 9.17) is 0 Å². The molecule has 0 aromatic heterocycles. The molecule has 1 aliphatic carbocycles. The summed E-state index contributed by atoms with van der Waals surface area (Å²) >= 11 is 0. The van der Waals surface area contributed by atoms with Gasteiger partial charge in [0, 0.05) is 38.6 Å². The molecule has 0 bridgehead atoms. The van der Waals surface area contributed by atoms with Crippen molar-refractivity contribution in [3.8, 4) is 0 Å². The number of carbonyl (C=O) groups is 1. The highest BCUT2D eigenvalue weighted by Crippen LogP contribution is 2.27. The molecular formula is C10H19N3O. The van der Waals surface area contributed by atoms with Crippen LogP contribution in [0.1, 0.15) is 19.3 Å². The molecule has 4 heteroatoms. The van der Waals surface area contributed by atoms with Gasteiger partial charge in [-0.05, 0) is 18.8 Å². The number of rotatable bonds is 4. The van der Waals surface area contributed by atoms with Crippen LogP contribution in [0.5, 0.6) is 0 Å². The van der Waals surface area contributed by atoms with Crippen LogP contribution in [0.25, 0.3) is 0 Å². The quantitative estimate of drug-likeness (QED) is 0.567. The van der Waals surface area contributed by atoms with Crippen molar-refractivity contribution in [1.82, 2.24) is 16.0 Å². The van der Waals surface area contributed by atoms with Crippen molar-refractivity contribution in [3.05, 3.63) is 0 Å². The molecule has 1 aliphatic heterocycles. The lowest BCUT2D eigenvalue weighted by Crippen LogP contribution is -2.50. The molecule has 0 radical (unpaired) electrons. The van der Waals surface area contributed by atoms with E-state index in [9.17, 15) is 4.79 Å². The lowest BCUT2D eigenvalue weighted by Gasteiger charge is -2.23. The highest BCUT2D eigenvalue weighted by molar-refractivity contribution is 5.76. The highest BCUT2D eigenvalue weighted by Gasteiger charge is 2.22. The Morgan fingerprint density at radius 3 is 2.86 bits per heavy atom. The lowest BCUT2D eigenvalue weighted by atomic mass is 10.1. The summed E-state index contributed by atoms with van der Waals surface area (Å²) in [6.07, 6.45) is 3.20. The van der Waals surface area contributed by atoms with Crippen LogP contribution in [-0.4, -0.2) is 38.1 Å². The predicted molar refractivity (Wildman–Crippen MR) is 55.0 cm³/mol. The Hall–Kier alpha value is -0.610. The molecule has 0 aromatic carbocycles. The summed E-state index contributed by atoms with van der Waals surface area (Å²) in [7, 11) is 0. The summed E-state index contributed by atoms with van der Waals surface area (Å²) < 4.78 is 0. The van der Waals surface area contributed by atoms with Gasteiger partial charge in [0.1, 0.15) is 0 Å². The van der Waals surface area contributed by atoms with E-state index in [2.05, 4.69) is 16.0 Å². The molecule has 1 unspecified atom stereocenters. The maximum absolute atomic E-state index is 11.5. The van der Waals surface area contributed by atoms with Crippen LogP contribution in [0, 0.1) is 5.92 Å². The fourth-order valence-electron chi connectivity index (χ4n) is 1.73. The molecule has 1 saturated heterocycles. The molecule has 14 heavy (non-hydrogen) atoms. The van der Waals surface area contributed by atoms with E-state index < -0.39 is 0 Å². The van der Waals surface area contributed by atoms with Crippen LogP contribution in [0.2, 0.25) is 0 Å². The average Bonchev–Trinajstić information content (AvgIpc) is 3.00. The molecule has 2 aliphatic rings. The molecule has 2 rings (SSSR count). The van der Waals surface area contributed by atoms with Gasteiger partial charge in [0.15, 0.2) is 0 Å². The van der Waals surface area contributed by atoms with Crippen molar-refractivity contribution in [3.63, 3.8) is 0 Å².